The first-order valence-electron chi connectivity index (χ1n) is 8.22. The summed E-state index contributed by atoms with van der Waals surface area (Å²) >= 11 is 0. The zero-order valence-corrected chi connectivity index (χ0v) is 14.1. The summed E-state index contributed by atoms with van der Waals surface area (Å²) < 4.78 is 11.2. The highest BCUT2D eigenvalue weighted by Crippen LogP contribution is 2.39. The number of nitrogens with zero attached hydrogens (tertiary/aromatic N) is 3. The maximum Gasteiger partial charge on any atom is 0.221 e. The highest BCUT2D eigenvalue weighted by atomic mass is 16.3. The molecule has 0 unspecified atom stereocenters. The van der Waals surface area contributed by atoms with Gasteiger partial charge in [0.15, 0.2) is 11.5 Å². The van der Waals surface area contributed by atoms with Crippen molar-refractivity contribution in [1.29, 1.82) is 0 Å². The summed E-state index contributed by atoms with van der Waals surface area (Å²) in [6.07, 6.45) is 4.93. The third-order valence-electron chi connectivity index (χ3n) is 3.84. The molecule has 0 fully saturated rings. The van der Waals surface area contributed by atoms with Crippen LogP contribution in [0.3, 0.4) is 0 Å². The summed E-state index contributed by atoms with van der Waals surface area (Å²) in [5, 5.41) is 3.21. The second-order valence-corrected chi connectivity index (χ2v) is 5.57. The van der Waals surface area contributed by atoms with Crippen LogP contribution in [0.15, 0.2) is 64.0 Å². The molecule has 0 spiro atoms. The third-order valence-corrected chi connectivity index (χ3v) is 3.84. The van der Waals surface area contributed by atoms with Crippen molar-refractivity contribution in [1.82, 2.24) is 15.0 Å². The van der Waals surface area contributed by atoms with Crippen LogP contribution in [0.4, 0.5) is 11.8 Å². The molecule has 0 saturated heterocycles. The molecule has 4 aromatic heterocycles. The Kier molecular flexibility index (Phi) is 4.10. The molecular formula is C19H17N5O2. The van der Waals surface area contributed by atoms with Crippen LogP contribution < -0.4 is 11.1 Å². The number of nitrogen functional groups attached to an aromatic ring is 1. The van der Waals surface area contributed by atoms with Crippen molar-refractivity contribution < 1.29 is 8.83 Å². The second kappa shape index (κ2) is 6.72. The minimum Gasteiger partial charge on any atom is -0.463 e. The smallest absolute Gasteiger partial charge is 0.221 e. The van der Waals surface area contributed by atoms with Crippen LogP contribution in [0.1, 0.15) is 6.92 Å². The number of hydrogen-bond donors (Lipinski definition) is 2. The minimum atomic E-state index is 0.146. The van der Waals surface area contributed by atoms with E-state index in [9.17, 15) is 0 Å². The molecule has 0 aliphatic rings. The molecule has 7 nitrogen and oxygen atoms in total. The van der Waals surface area contributed by atoms with Crippen LogP contribution in [0.5, 0.6) is 0 Å². The van der Waals surface area contributed by atoms with Crippen molar-refractivity contribution in [3.63, 3.8) is 0 Å². The predicted octanol–water partition coefficient (Wildman–Crippen LogP) is 4.07. The van der Waals surface area contributed by atoms with Crippen molar-refractivity contribution in [2.45, 2.75) is 6.92 Å². The van der Waals surface area contributed by atoms with Gasteiger partial charge in [0.2, 0.25) is 5.95 Å². The average molecular weight is 347 g/mol. The largest absolute Gasteiger partial charge is 0.463 e. The van der Waals surface area contributed by atoms with E-state index in [4.69, 9.17) is 14.6 Å². The fraction of sp³-hybridized carbons (Fsp3) is 0.105. The molecule has 0 bridgehead atoms. The first kappa shape index (κ1) is 15.9. The predicted molar refractivity (Wildman–Crippen MR) is 99.2 cm³/mol. The van der Waals surface area contributed by atoms with Gasteiger partial charge in [0.1, 0.15) is 17.2 Å². The van der Waals surface area contributed by atoms with Gasteiger partial charge in [-0.3, -0.25) is 0 Å². The average Bonchev–Trinajstić information content (AvgIpc) is 3.35. The van der Waals surface area contributed by atoms with E-state index in [2.05, 4.69) is 20.3 Å². The molecule has 26 heavy (non-hydrogen) atoms. The minimum absolute atomic E-state index is 0.146. The van der Waals surface area contributed by atoms with Crippen LogP contribution in [-0.4, -0.2) is 21.5 Å². The number of nitrogens with one attached hydrogen (secondary N) is 1. The van der Waals surface area contributed by atoms with Gasteiger partial charge in [-0.15, -0.1) is 0 Å². The summed E-state index contributed by atoms with van der Waals surface area (Å²) in [5.41, 5.74) is 8.82. The lowest BCUT2D eigenvalue weighted by Crippen LogP contribution is -2.03. The van der Waals surface area contributed by atoms with Gasteiger partial charge in [-0.05, 0) is 48.9 Å². The van der Waals surface area contributed by atoms with Crippen LogP contribution in [-0.2, 0) is 0 Å². The van der Waals surface area contributed by atoms with Crippen molar-refractivity contribution in [3.05, 3.63) is 55.1 Å². The van der Waals surface area contributed by atoms with E-state index in [1.165, 1.54) is 0 Å². The van der Waals surface area contributed by atoms with Crippen LogP contribution in [0.25, 0.3) is 34.0 Å². The SMILES string of the molecule is CCNc1cc(-c2c(-c3ccco3)nc(N)nc2-c2ccco2)ccn1. The quantitative estimate of drug-likeness (QED) is 0.561. The molecular weight excluding hydrogens is 330 g/mol. The highest BCUT2D eigenvalue weighted by Gasteiger charge is 2.21. The summed E-state index contributed by atoms with van der Waals surface area (Å²) in [7, 11) is 0. The van der Waals surface area contributed by atoms with Gasteiger partial charge in [0.25, 0.3) is 0 Å². The summed E-state index contributed by atoms with van der Waals surface area (Å²) in [5.74, 6) is 2.11. The number of hydrogen-bond acceptors (Lipinski definition) is 7. The lowest BCUT2D eigenvalue weighted by molar-refractivity contribution is 0.577. The number of rotatable bonds is 5. The van der Waals surface area contributed by atoms with Crippen LogP contribution in [0, 0.1) is 0 Å². The molecule has 7 heteroatoms. The first-order chi connectivity index (χ1) is 12.8. The molecule has 130 valence electrons. The molecule has 4 rings (SSSR count). The van der Waals surface area contributed by atoms with E-state index in [-0.39, 0.29) is 5.95 Å². The number of pyridine rings is 1. The van der Waals surface area contributed by atoms with E-state index in [1.54, 1.807) is 30.9 Å². The Morgan fingerprint density at radius 1 is 1.00 bits per heavy atom. The zero-order valence-electron chi connectivity index (χ0n) is 14.1. The molecule has 3 N–H and O–H groups in total. The van der Waals surface area contributed by atoms with Gasteiger partial charge >= 0.3 is 0 Å². The molecule has 0 amide bonds. The second-order valence-electron chi connectivity index (χ2n) is 5.57. The molecule has 4 aromatic rings. The Bertz CT molecular complexity index is 955. The van der Waals surface area contributed by atoms with Crippen LogP contribution in [0.2, 0.25) is 0 Å². The van der Waals surface area contributed by atoms with Crippen molar-refractivity contribution in [2.24, 2.45) is 0 Å². The summed E-state index contributed by atoms with van der Waals surface area (Å²) in [6, 6.07) is 11.1. The van der Waals surface area contributed by atoms with Gasteiger partial charge in [0, 0.05) is 18.3 Å². The normalized spacial score (nSPS) is 10.8. The molecule has 4 heterocycles. The number of aromatic nitrogens is 3. The number of anilines is 2. The summed E-state index contributed by atoms with van der Waals surface area (Å²) in [6.45, 7) is 2.79. The van der Waals surface area contributed by atoms with Crippen LogP contribution >= 0.6 is 0 Å². The Balaban J connectivity index is 2.01. The maximum atomic E-state index is 5.97. The van der Waals surface area contributed by atoms with E-state index in [0.717, 1.165) is 23.5 Å². The Morgan fingerprint density at radius 2 is 1.65 bits per heavy atom. The monoisotopic (exact) mass is 347 g/mol. The highest BCUT2D eigenvalue weighted by molar-refractivity contribution is 5.89. The van der Waals surface area contributed by atoms with Gasteiger partial charge in [-0.25, -0.2) is 15.0 Å². The van der Waals surface area contributed by atoms with E-state index >= 15 is 0 Å². The molecule has 0 aliphatic heterocycles. The van der Waals surface area contributed by atoms with E-state index in [1.807, 2.05) is 31.2 Å². The molecule has 0 radical (unpaired) electrons. The van der Waals surface area contributed by atoms with Crippen molar-refractivity contribution in [3.8, 4) is 34.0 Å². The maximum absolute atomic E-state index is 5.97. The Hall–Kier alpha value is -3.61. The fourth-order valence-electron chi connectivity index (χ4n) is 2.80. The lowest BCUT2D eigenvalue weighted by Gasteiger charge is -2.13. The number of nitrogens with two attached hydrogens (primary N) is 1. The molecule has 0 atom stereocenters. The third kappa shape index (κ3) is 2.90. The van der Waals surface area contributed by atoms with Gasteiger partial charge in [0.05, 0.1) is 12.5 Å². The van der Waals surface area contributed by atoms with E-state index in [0.29, 0.717) is 22.9 Å². The zero-order chi connectivity index (χ0) is 17.9. The van der Waals surface area contributed by atoms with Crippen molar-refractivity contribution in [2.75, 3.05) is 17.6 Å². The molecule has 0 aliphatic carbocycles. The van der Waals surface area contributed by atoms with Gasteiger partial charge in [-0.1, -0.05) is 0 Å². The lowest BCUT2D eigenvalue weighted by atomic mass is 10.00. The fourth-order valence-corrected chi connectivity index (χ4v) is 2.80. The Morgan fingerprint density at radius 3 is 2.19 bits per heavy atom. The van der Waals surface area contributed by atoms with Gasteiger partial charge < -0.3 is 19.9 Å². The standard InChI is InChI=1S/C19H17N5O2/c1-2-21-15-11-12(7-8-22-15)16-17(13-5-3-9-25-13)23-19(20)24-18(16)14-6-4-10-26-14/h3-11H,2H2,1H3,(H,21,22)(H2,20,23,24). The van der Waals surface area contributed by atoms with Crippen molar-refractivity contribution >= 4 is 11.8 Å². The number of furan rings is 2. The topological polar surface area (TPSA) is 103 Å². The molecule has 0 aromatic carbocycles. The first-order valence-corrected chi connectivity index (χ1v) is 8.22. The Labute approximate surface area is 149 Å². The molecule has 0 saturated carbocycles. The van der Waals surface area contributed by atoms with E-state index < -0.39 is 0 Å². The van der Waals surface area contributed by atoms with Gasteiger partial charge in [-0.2, -0.15) is 0 Å². The summed E-state index contributed by atoms with van der Waals surface area (Å²) in [4.78, 5) is 13.2.